The number of aromatic nitrogens is 1. The van der Waals surface area contributed by atoms with E-state index in [2.05, 4.69) is 43.2 Å². The fourth-order valence-electron chi connectivity index (χ4n) is 4.73. The Morgan fingerprint density at radius 3 is 2.68 bits per heavy atom. The maximum atomic E-state index is 12.4. The molecule has 25 heavy (non-hydrogen) atoms. The van der Waals surface area contributed by atoms with E-state index in [1.165, 1.54) is 53.7 Å². The molecule has 1 N–H and O–H groups in total. The van der Waals surface area contributed by atoms with E-state index in [9.17, 15) is 4.79 Å². The lowest BCUT2D eigenvalue weighted by Crippen LogP contribution is -2.20. The van der Waals surface area contributed by atoms with Crippen LogP contribution < -0.4 is 5.32 Å². The van der Waals surface area contributed by atoms with Crippen LogP contribution in [0, 0.1) is 38.5 Å². The molecule has 2 saturated carbocycles. The summed E-state index contributed by atoms with van der Waals surface area (Å²) >= 11 is 1.52. The molecule has 4 rings (SSSR count). The minimum atomic E-state index is 0.134. The zero-order valence-electron chi connectivity index (χ0n) is 15.3. The fraction of sp³-hybridized carbons (Fsp3) is 0.524. The summed E-state index contributed by atoms with van der Waals surface area (Å²) < 4.78 is 0. The van der Waals surface area contributed by atoms with Gasteiger partial charge in [-0.1, -0.05) is 12.5 Å². The highest BCUT2D eigenvalue weighted by atomic mass is 32.1. The number of nitrogens with zero attached hydrogens (tertiary/aromatic N) is 1. The average molecular weight is 355 g/mol. The second-order valence-corrected chi connectivity index (χ2v) is 8.83. The van der Waals surface area contributed by atoms with E-state index in [0.717, 1.165) is 28.2 Å². The fourth-order valence-corrected chi connectivity index (χ4v) is 5.45. The molecule has 3 nitrogen and oxygen atoms in total. The first-order chi connectivity index (χ1) is 12.0. The van der Waals surface area contributed by atoms with Crippen LogP contribution in [-0.2, 0) is 4.79 Å². The number of aryl methyl sites for hydroxylation is 3. The molecule has 132 valence electrons. The molecule has 4 heteroatoms. The number of rotatable bonds is 4. The quantitative estimate of drug-likeness (QED) is 0.787. The number of fused-ring (bicyclic) bond motifs is 2. The number of carbonyl (C=O) groups is 1. The van der Waals surface area contributed by atoms with E-state index in [4.69, 9.17) is 0 Å². The number of hydrogen-bond acceptors (Lipinski definition) is 3. The van der Waals surface area contributed by atoms with Crippen molar-refractivity contribution in [3.8, 4) is 11.3 Å². The molecule has 0 unspecified atom stereocenters. The van der Waals surface area contributed by atoms with Gasteiger partial charge in [-0.2, -0.15) is 0 Å². The summed E-state index contributed by atoms with van der Waals surface area (Å²) in [5, 5.41) is 5.80. The van der Waals surface area contributed by atoms with E-state index in [1.54, 1.807) is 0 Å². The van der Waals surface area contributed by atoms with Gasteiger partial charge in [0.05, 0.1) is 5.69 Å². The van der Waals surface area contributed by atoms with Gasteiger partial charge in [-0.3, -0.25) is 4.79 Å². The Morgan fingerprint density at radius 1 is 1.16 bits per heavy atom. The first kappa shape index (κ1) is 16.8. The third-order valence-corrected chi connectivity index (χ3v) is 6.96. The summed E-state index contributed by atoms with van der Waals surface area (Å²) in [5.74, 6) is 2.42. The number of carbonyl (C=O) groups excluding carboxylic acids is 1. The lowest BCUT2D eigenvalue weighted by molar-refractivity contribution is -0.117. The van der Waals surface area contributed by atoms with Crippen molar-refractivity contribution < 1.29 is 4.79 Å². The maximum absolute atomic E-state index is 12.4. The van der Waals surface area contributed by atoms with Gasteiger partial charge in [-0.25, -0.2) is 4.98 Å². The van der Waals surface area contributed by atoms with Crippen LogP contribution in [0.15, 0.2) is 17.5 Å². The van der Waals surface area contributed by atoms with Crippen molar-refractivity contribution in [2.75, 3.05) is 5.32 Å². The molecule has 2 aliphatic rings. The molecule has 1 aromatic heterocycles. The molecule has 2 aromatic rings. The average Bonchev–Trinajstić information content (AvgIpc) is 3.27. The van der Waals surface area contributed by atoms with E-state index in [0.29, 0.717) is 12.3 Å². The predicted octanol–water partition coefficient (Wildman–Crippen LogP) is 5.50. The third kappa shape index (κ3) is 3.37. The Hall–Kier alpha value is -1.68. The Labute approximate surface area is 153 Å². The van der Waals surface area contributed by atoms with Crippen molar-refractivity contribution in [1.82, 2.24) is 4.98 Å². The number of anilines is 1. The van der Waals surface area contributed by atoms with Gasteiger partial charge >= 0.3 is 0 Å². The van der Waals surface area contributed by atoms with E-state index < -0.39 is 0 Å². The molecule has 0 aliphatic heterocycles. The molecule has 1 amide bonds. The monoisotopic (exact) mass is 354 g/mol. The van der Waals surface area contributed by atoms with Crippen LogP contribution in [0.3, 0.4) is 0 Å². The van der Waals surface area contributed by atoms with Crippen LogP contribution in [-0.4, -0.2) is 10.9 Å². The molecular formula is C21H26N2OS. The Kier molecular flexibility index (Phi) is 4.40. The third-order valence-electron chi connectivity index (χ3n) is 6.20. The first-order valence-corrected chi connectivity index (χ1v) is 10.2. The van der Waals surface area contributed by atoms with Crippen molar-refractivity contribution in [3.63, 3.8) is 0 Å². The summed E-state index contributed by atoms with van der Waals surface area (Å²) in [4.78, 5) is 17.1. The topological polar surface area (TPSA) is 42.0 Å². The molecule has 0 saturated heterocycles. The Balaban J connectivity index is 1.43. The Morgan fingerprint density at radius 2 is 1.96 bits per heavy atom. The SMILES string of the molecule is Cc1cc(C)c(-c2csc(NC(=O)C[C@@H]3C[C@H]4CC[C@@H]3C4)n2)cc1C. The second-order valence-electron chi connectivity index (χ2n) is 7.98. The van der Waals surface area contributed by atoms with Crippen molar-refractivity contribution in [3.05, 3.63) is 34.2 Å². The highest BCUT2D eigenvalue weighted by Gasteiger charge is 2.40. The number of benzene rings is 1. The van der Waals surface area contributed by atoms with Crippen LogP contribution in [0.1, 0.15) is 48.8 Å². The summed E-state index contributed by atoms with van der Waals surface area (Å²) in [6.07, 6.45) is 5.98. The van der Waals surface area contributed by atoms with Crippen LogP contribution in [0.25, 0.3) is 11.3 Å². The zero-order chi connectivity index (χ0) is 17.6. The van der Waals surface area contributed by atoms with Crippen LogP contribution in [0.2, 0.25) is 0 Å². The first-order valence-electron chi connectivity index (χ1n) is 9.33. The number of hydrogen-bond donors (Lipinski definition) is 1. The number of amides is 1. The van der Waals surface area contributed by atoms with Gasteiger partial charge in [0.25, 0.3) is 0 Å². The molecule has 0 spiro atoms. The zero-order valence-corrected chi connectivity index (χ0v) is 16.1. The molecule has 0 radical (unpaired) electrons. The minimum absolute atomic E-state index is 0.134. The molecule has 2 fully saturated rings. The minimum Gasteiger partial charge on any atom is -0.302 e. The number of nitrogens with one attached hydrogen (secondary N) is 1. The standard InChI is InChI=1S/C21H26N2OS/c1-12-6-14(3)18(7-13(12)2)19-11-25-21(22-19)23-20(24)10-17-9-15-4-5-16(17)8-15/h6-7,11,15-17H,4-5,8-10H2,1-3H3,(H,22,23,24)/t15-,16+,17-/m0/s1. The van der Waals surface area contributed by atoms with Gasteiger partial charge < -0.3 is 5.32 Å². The highest BCUT2D eigenvalue weighted by molar-refractivity contribution is 7.14. The highest BCUT2D eigenvalue weighted by Crippen LogP contribution is 2.49. The molecule has 2 aliphatic carbocycles. The van der Waals surface area contributed by atoms with Crippen LogP contribution >= 0.6 is 11.3 Å². The van der Waals surface area contributed by atoms with Crippen molar-refractivity contribution in [2.24, 2.45) is 17.8 Å². The largest absolute Gasteiger partial charge is 0.302 e. The summed E-state index contributed by atoms with van der Waals surface area (Å²) in [6, 6.07) is 4.40. The van der Waals surface area contributed by atoms with E-state index in [-0.39, 0.29) is 5.91 Å². The number of thiazole rings is 1. The summed E-state index contributed by atoms with van der Waals surface area (Å²) in [7, 11) is 0. The van der Waals surface area contributed by atoms with Gasteiger partial charge in [-0.05, 0) is 80.5 Å². The van der Waals surface area contributed by atoms with Gasteiger partial charge in [0.1, 0.15) is 0 Å². The summed E-state index contributed by atoms with van der Waals surface area (Å²) in [6.45, 7) is 6.38. The lowest BCUT2D eigenvalue weighted by Gasteiger charge is -2.20. The van der Waals surface area contributed by atoms with E-state index in [1.807, 2.05) is 5.38 Å². The normalized spacial score (nSPS) is 24.7. The van der Waals surface area contributed by atoms with Crippen LogP contribution in [0.4, 0.5) is 5.13 Å². The van der Waals surface area contributed by atoms with Gasteiger partial charge in [-0.15, -0.1) is 11.3 Å². The molecule has 1 aromatic carbocycles. The van der Waals surface area contributed by atoms with Crippen molar-refractivity contribution in [1.29, 1.82) is 0 Å². The Bertz CT molecular complexity index is 810. The lowest BCUT2D eigenvalue weighted by atomic mass is 9.86. The van der Waals surface area contributed by atoms with Gasteiger partial charge in [0.2, 0.25) is 5.91 Å². The van der Waals surface area contributed by atoms with Crippen LogP contribution in [0.5, 0.6) is 0 Å². The second kappa shape index (κ2) is 6.56. The summed E-state index contributed by atoms with van der Waals surface area (Å²) in [5.41, 5.74) is 5.92. The smallest absolute Gasteiger partial charge is 0.226 e. The van der Waals surface area contributed by atoms with Gasteiger partial charge in [0, 0.05) is 17.4 Å². The maximum Gasteiger partial charge on any atom is 0.226 e. The molecule has 2 bridgehead atoms. The van der Waals surface area contributed by atoms with E-state index >= 15 is 0 Å². The molecular weight excluding hydrogens is 328 g/mol. The molecule has 1 heterocycles. The van der Waals surface area contributed by atoms with Crippen molar-refractivity contribution in [2.45, 2.75) is 52.9 Å². The predicted molar refractivity (Wildman–Crippen MR) is 104 cm³/mol. The van der Waals surface area contributed by atoms with Crippen molar-refractivity contribution >= 4 is 22.4 Å². The molecule has 3 atom stereocenters. The van der Waals surface area contributed by atoms with Gasteiger partial charge in [0.15, 0.2) is 5.13 Å².